The molecule has 13 heavy (non-hydrogen) atoms. The van der Waals surface area contributed by atoms with Gasteiger partial charge in [0.2, 0.25) is 5.91 Å². The molecular weight excluding hydrogens is 162 g/mol. The van der Waals surface area contributed by atoms with Crippen molar-refractivity contribution in [3.8, 4) is 12.3 Å². The zero-order valence-corrected chi connectivity index (χ0v) is 8.01. The second-order valence-corrected chi connectivity index (χ2v) is 3.58. The average Bonchev–Trinajstić information content (AvgIpc) is 2.65. The van der Waals surface area contributed by atoms with E-state index in [-0.39, 0.29) is 11.8 Å². The standard InChI is InChI=1S/C11H17NO/c1-2-3-6-9-12-11(13)10-7-4-5-8-10/h1,10H,3-9H2,(H,12,13). The molecule has 0 saturated heterocycles. The van der Waals surface area contributed by atoms with Crippen LogP contribution in [0.3, 0.4) is 0 Å². The number of rotatable bonds is 4. The molecule has 0 radical (unpaired) electrons. The number of carbonyl (C=O) groups excluding carboxylic acids is 1. The van der Waals surface area contributed by atoms with Gasteiger partial charge >= 0.3 is 0 Å². The maximum absolute atomic E-state index is 11.4. The topological polar surface area (TPSA) is 29.1 Å². The summed E-state index contributed by atoms with van der Waals surface area (Å²) in [5.74, 6) is 3.07. The summed E-state index contributed by atoms with van der Waals surface area (Å²) < 4.78 is 0. The number of hydrogen-bond acceptors (Lipinski definition) is 1. The van der Waals surface area contributed by atoms with Gasteiger partial charge in [0.05, 0.1) is 0 Å². The summed E-state index contributed by atoms with van der Waals surface area (Å²) in [5.41, 5.74) is 0. The molecule has 0 bridgehead atoms. The Morgan fingerprint density at radius 2 is 2.15 bits per heavy atom. The Balaban J connectivity index is 2.07. The van der Waals surface area contributed by atoms with Crippen LogP contribution in [0.1, 0.15) is 38.5 Å². The normalized spacial score (nSPS) is 16.8. The summed E-state index contributed by atoms with van der Waals surface area (Å²) in [6.07, 6.45) is 11.3. The van der Waals surface area contributed by atoms with Gasteiger partial charge in [-0.05, 0) is 19.3 Å². The van der Waals surface area contributed by atoms with E-state index in [1.807, 2.05) is 0 Å². The Morgan fingerprint density at radius 1 is 1.46 bits per heavy atom. The summed E-state index contributed by atoms with van der Waals surface area (Å²) in [7, 11) is 0. The zero-order chi connectivity index (χ0) is 9.52. The fraction of sp³-hybridized carbons (Fsp3) is 0.727. The van der Waals surface area contributed by atoms with Crippen molar-refractivity contribution in [3.63, 3.8) is 0 Å². The lowest BCUT2D eigenvalue weighted by Gasteiger charge is -2.08. The number of amides is 1. The molecule has 72 valence electrons. The first-order valence-electron chi connectivity index (χ1n) is 5.06. The van der Waals surface area contributed by atoms with E-state index in [0.717, 1.165) is 32.2 Å². The van der Waals surface area contributed by atoms with Gasteiger partial charge in [-0.2, -0.15) is 0 Å². The average molecular weight is 179 g/mol. The van der Waals surface area contributed by atoms with Crippen LogP contribution in [0.5, 0.6) is 0 Å². The lowest BCUT2D eigenvalue weighted by molar-refractivity contribution is -0.124. The van der Waals surface area contributed by atoms with Crippen molar-refractivity contribution in [3.05, 3.63) is 0 Å². The van der Waals surface area contributed by atoms with Gasteiger partial charge < -0.3 is 5.32 Å². The van der Waals surface area contributed by atoms with Crippen LogP contribution in [0.15, 0.2) is 0 Å². The van der Waals surface area contributed by atoms with Gasteiger partial charge in [-0.1, -0.05) is 12.8 Å². The van der Waals surface area contributed by atoms with E-state index in [9.17, 15) is 4.79 Å². The van der Waals surface area contributed by atoms with Crippen LogP contribution in [0.25, 0.3) is 0 Å². The monoisotopic (exact) mass is 179 g/mol. The molecule has 1 saturated carbocycles. The van der Waals surface area contributed by atoms with Crippen LogP contribution in [0.2, 0.25) is 0 Å². The van der Waals surface area contributed by atoms with Gasteiger partial charge in [0.25, 0.3) is 0 Å². The van der Waals surface area contributed by atoms with Crippen molar-refractivity contribution in [2.75, 3.05) is 6.54 Å². The van der Waals surface area contributed by atoms with Gasteiger partial charge in [0, 0.05) is 18.9 Å². The van der Waals surface area contributed by atoms with E-state index in [1.54, 1.807) is 0 Å². The summed E-state index contributed by atoms with van der Waals surface area (Å²) in [6, 6.07) is 0. The molecule has 1 N–H and O–H groups in total. The van der Waals surface area contributed by atoms with Crippen LogP contribution >= 0.6 is 0 Å². The maximum atomic E-state index is 11.4. The first kappa shape index (κ1) is 10.1. The lowest BCUT2D eigenvalue weighted by Crippen LogP contribution is -2.29. The molecule has 0 heterocycles. The van der Waals surface area contributed by atoms with Gasteiger partial charge in [-0.3, -0.25) is 4.79 Å². The third-order valence-electron chi connectivity index (χ3n) is 2.52. The highest BCUT2D eigenvalue weighted by Crippen LogP contribution is 2.24. The smallest absolute Gasteiger partial charge is 0.223 e. The zero-order valence-electron chi connectivity index (χ0n) is 8.01. The molecule has 0 spiro atoms. The Kier molecular flexibility index (Phi) is 4.39. The lowest BCUT2D eigenvalue weighted by atomic mass is 10.1. The summed E-state index contributed by atoms with van der Waals surface area (Å²) in [4.78, 5) is 11.4. The molecule has 2 nitrogen and oxygen atoms in total. The molecule has 1 aliphatic carbocycles. The first-order valence-corrected chi connectivity index (χ1v) is 5.06. The molecule has 0 aromatic heterocycles. The molecule has 0 aliphatic heterocycles. The van der Waals surface area contributed by atoms with E-state index in [1.165, 1.54) is 12.8 Å². The third kappa shape index (κ3) is 3.50. The van der Waals surface area contributed by atoms with E-state index in [2.05, 4.69) is 11.2 Å². The Morgan fingerprint density at radius 3 is 2.77 bits per heavy atom. The quantitative estimate of drug-likeness (QED) is 0.516. The predicted molar refractivity (Wildman–Crippen MR) is 53.0 cm³/mol. The molecule has 0 aromatic carbocycles. The second kappa shape index (κ2) is 5.64. The second-order valence-electron chi connectivity index (χ2n) is 3.58. The van der Waals surface area contributed by atoms with Gasteiger partial charge in [-0.15, -0.1) is 12.3 Å². The van der Waals surface area contributed by atoms with Crippen LogP contribution in [0.4, 0.5) is 0 Å². The van der Waals surface area contributed by atoms with Crippen molar-refractivity contribution < 1.29 is 4.79 Å². The van der Waals surface area contributed by atoms with Crippen molar-refractivity contribution in [1.29, 1.82) is 0 Å². The maximum Gasteiger partial charge on any atom is 0.223 e. The van der Waals surface area contributed by atoms with Crippen LogP contribution in [0, 0.1) is 18.3 Å². The van der Waals surface area contributed by atoms with E-state index < -0.39 is 0 Å². The molecule has 1 rings (SSSR count). The molecular formula is C11H17NO. The van der Waals surface area contributed by atoms with Crippen molar-refractivity contribution in [2.24, 2.45) is 5.92 Å². The molecule has 1 aliphatic rings. The molecule has 0 aromatic rings. The highest BCUT2D eigenvalue weighted by molar-refractivity contribution is 5.78. The van der Waals surface area contributed by atoms with Crippen molar-refractivity contribution in [2.45, 2.75) is 38.5 Å². The summed E-state index contributed by atoms with van der Waals surface area (Å²) in [6.45, 7) is 0.736. The van der Waals surface area contributed by atoms with Gasteiger partial charge in [-0.25, -0.2) is 0 Å². The Hall–Kier alpha value is -0.970. The molecule has 2 heteroatoms. The minimum Gasteiger partial charge on any atom is -0.356 e. The highest BCUT2D eigenvalue weighted by atomic mass is 16.1. The molecule has 1 amide bonds. The number of hydrogen-bond donors (Lipinski definition) is 1. The van der Waals surface area contributed by atoms with Crippen molar-refractivity contribution in [1.82, 2.24) is 5.32 Å². The third-order valence-corrected chi connectivity index (χ3v) is 2.52. The molecule has 0 unspecified atom stereocenters. The number of terminal acetylenes is 1. The molecule has 1 fully saturated rings. The number of unbranched alkanes of at least 4 members (excludes halogenated alkanes) is 1. The minimum absolute atomic E-state index is 0.231. The van der Waals surface area contributed by atoms with Gasteiger partial charge in [0.1, 0.15) is 0 Å². The molecule has 0 atom stereocenters. The fourth-order valence-electron chi connectivity index (χ4n) is 1.73. The minimum atomic E-state index is 0.231. The Labute approximate surface area is 80.1 Å². The first-order chi connectivity index (χ1) is 6.34. The largest absolute Gasteiger partial charge is 0.356 e. The SMILES string of the molecule is C#CCCCNC(=O)C1CCCC1. The van der Waals surface area contributed by atoms with Crippen molar-refractivity contribution >= 4 is 5.91 Å². The van der Waals surface area contributed by atoms with E-state index in [0.29, 0.717) is 0 Å². The number of nitrogens with one attached hydrogen (secondary N) is 1. The van der Waals surface area contributed by atoms with Crippen LogP contribution < -0.4 is 5.32 Å². The van der Waals surface area contributed by atoms with Gasteiger partial charge in [0.15, 0.2) is 0 Å². The summed E-state index contributed by atoms with van der Waals surface area (Å²) >= 11 is 0. The van der Waals surface area contributed by atoms with Crippen LogP contribution in [-0.4, -0.2) is 12.5 Å². The fourth-order valence-corrected chi connectivity index (χ4v) is 1.73. The van der Waals surface area contributed by atoms with E-state index >= 15 is 0 Å². The highest BCUT2D eigenvalue weighted by Gasteiger charge is 2.21. The van der Waals surface area contributed by atoms with E-state index in [4.69, 9.17) is 6.42 Å². The Bertz CT molecular complexity index is 199. The summed E-state index contributed by atoms with van der Waals surface area (Å²) in [5, 5.41) is 2.92. The number of carbonyl (C=O) groups is 1. The van der Waals surface area contributed by atoms with Crippen LogP contribution in [-0.2, 0) is 4.79 Å². The predicted octanol–water partition coefficient (Wildman–Crippen LogP) is 1.71.